The van der Waals surface area contributed by atoms with Gasteiger partial charge in [-0.1, -0.05) is 43.5 Å². The zero-order valence-electron chi connectivity index (χ0n) is 12.9. The molecule has 2 atom stereocenters. The van der Waals surface area contributed by atoms with Gasteiger partial charge in [0.05, 0.1) is 5.52 Å². The van der Waals surface area contributed by atoms with Crippen LogP contribution in [0.5, 0.6) is 0 Å². The minimum Gasteiger partial charge on any atom is -0.337 e. The number of hydrogen-bond acceptors (Lipinski definition) is 2. The van der Waals surface area contributed by atoms with Crippen LogP contribution in [0.15, 0.2) is 36.4 Å². The van der Waals surface area contributed by atoms with Crippen molar-refractivity contribution in [2.75, 3.05) is 13.1 Å². The maximum Gasteiger partial charge on any atom is 0.272 e. The van der Waals surface area contributed by atoms with Crippen molar-refractivity contribution in [1.82, 2.24) is 9.88 Å². The Morgan fingerprint density at radius 3 is 2.73 bits per heavy atom. The summed E-state index contributed by atoms with van der Waals surface area (Å²) < 4.78 is 0. The van der Waals surface area contributed by atoms with E-state index < -0.39 is 0 Å². The van der Waals surface area contributed by atoms with Crippen molar-refractivity contribution >= 4 is 16.8 Å². The quantitative estimate of drug-likeness (QED) is 0.799. The summed E-state index contributed by atoms with van der Waals surface area (Å²) in [6, 6.07) is 11.8. The number of carbonyl (C=O) groups is 1. The van der Waals surface area contributed by atoms with E-state index in [2.05, 4.69) is 4.98 Å². The van der Waals surface area contributed by atoms with Crippen LogP contribution in [0.1, 0.15) is 42.6 Å². The van der Waals surface area contributed by atoms with Crippen molar-refractivity contribution in [3.63, 3.8) is 0 Å². The van der Waals surface area contributed by atoms with E-state index in [1.54, 1.807) is 0 Å². The van der Waals surface area contributed by atoms with E-state index in [0.717, 1.165) is 29.9 Å². The van der Waals surface area contributed by atoms with Crippen LogP contribution in [0.25, 0.3) is 10.9 Å². The third kappa shape index (κ3) is 2.49. The Labute approximate surface area is 131 Å². The largest absolute Gasteiger partial charge is 0.337 e. The summed E-state index contributed by atoms with van der Waals surface area (Å²) in [6.07, 6.45) is 6.53. The molecule has 4 rings (SSSR count). The number of piperidine rings is 1. The second-order valence-corrected chi connectivity index (χ2v) is 6.73. The number of hydrogen-bond donors (Lipinski definition) is 0. The Bertz CT molecular complexity index is 697. The van der Waals surface area contributed by atoms with Crippen LogP contribution in [0, 0.1) is 11.8 Å². The molecule has 114 valence electrons. The van der Waals surface area contributed by atoms with Gasteiger partial charge < -0.3 is 4.90 Å². The molecule has 1 saturated heterocycles. The predicted octanol–water partition coefficient (Wildman–Crippen LogP) is 3.89. The molecule has 2 fully saturated rings. The van der Waals surface area contributed by atoms with E-state index in [1.807, 2.05) is 41.3 Å². The molecule has 0 unspecified atom stereocenters. The number of carbonyl (C=O) groups excluding carboxylic acids is 1. The molecule has 3 nitrogen and oxygen atoms in total. The molecule has 0 spiro atoms. The van der Waals surface area contributed by atoms with Crippen molar-refractivity contribution in [3.8, 4) is 0 Å². The second-order valence-electron chi connectivity index (χ2n) is 6.73. The maximum atomic E-state index is 12.8. The number of benzene rings is 1. The van der Waals surface area contributed by atoms with Crippen molar-refractivity contribution in [2.45, 2.75) is 32.1 Å². The molecular weight excluding hydrogens is 272 g/mol. The fraction of sp³-hybridized carbons (Fsp3) is 0.474. The van der Waals surface area contributed by atoms with Crippen molar-refractivity contribution in [2.24, 2.45) is 11.8 Å². The summed E-state index contributed by atoms with van der Waals surface area (Å²) in [5.41, 5.74) is 1.49. The van der Waals surface area contributed by atoms with Gasteiger partial charge in [0.25, 0.3) is 5.91 Å². The number of aromatic nitrogens is 1. The number of likely N-dealkylation sites (tertiary alicyclic amines) is 1. The van der Waals surface area contributed by atoms with Gasteiger partial charge in [0, 0.05) is 18.5 Å². The minimum absolute atomic E-state index is 0.106. The van der Waals surface area contributed by atoms with Gasteiger partial charge in [0.1, 0.15) is 5.69 Å². The lowest BCUT2D eigenvalue weighted by molar-refractivity contribution is 0.0516. The van der Waals surface area contributed by atoms with Crippen LogP contribution in [-0.2, 0) is 0 Å². The SMILES string of the molecule is O=C(c1ccc2ccccc2n1)N1CC[C@H]2CCCC[C@@H]2C1. The lowest BCUT2D eigenvalue weighted by atomic mass is 9.75. The number of rotatable bonds is 1. The van der Waals surface area contributed by atoms with Crippen molar-refractivity contribution in [1.29, 1.82) is 0 Å². The van der Waals surface area contributed by atoms with Gasteiger partial charge in [-0.05, 0) is 36.8 Å². The first-order chi connectivity index (χ1) is 10.8. The van der Waals surface area contributed by atoms with E-state index in [1.165, 1.54) is 32.1 Å². The van der Waals surface area contributed by atoms with Crippen LogP contribution in [0.2, 0.25) is 0 Å². The highest BCUT2D eigenvalue weighted by molar-refractivity contribution is 5.95. The highest BCUT2D eigenvalue weighted by Crippen LogP contribution is 2.36. The van der Waals surface area contributed by atoms with Gasteiger partial charge in [-0.25, -0.2) is 4.98 Å². The van der Waals surface area contributed by atoms with Crippen LogP contribution in [0.3, 0.4) is 0 Å². The lowest BCUT2D eigenvalue weighted by Crippen LogP contribution is -2.45. The van der Waals surface area contributed by atoms with E-state index >= 15 is 0 Å². The number of para-hydroxylation sites is 1. The average molecular weight is 294 g/mol. The molecule has 0 bridgehead atoms. The predicted molar refractivity (Wildman–Crippen MR) is 87.7 cm³/mol. The molecule has 1 saturated carbocycles. The summed E-state index contributed by atoms with van der Waals surface area (Å²) in [5, 5.41) is 1.09. The molecule has 3 heteroatoms. The van der Waals surface area contributed by atoms with E-state index in [0.29, 0.717) is 11.6 Å². The van der Waals surface area contributed by atoms with Crippen LogP contribution >= 0.6 is 0 Å². The third-order valence-electron chi connectivity index (χ3n) is 5.40. The first-order valence-corrected chi connectivity index (χ1v) is 8.46. The van der Waals surface area contributed by atoms with Crippen molar-refractivity contribution < 1.29 is 4.79 Å². The summed E-state index contributed by atoms with van der Waals surface area (Å²) in [6.45, 7) is 1.83. The Morgan fingerprint density at radius 2 is 1.82 bits per heavy atom. The number of amides is 1. The Morgan fingerprint density at radius 1 is 1.00 bits per heavy atom. The summed E-state index contributed by atoms with van der Waals surface area (Å²) in [7, 11) is 0. The monoisotopic (exact) mass is 294 g/mol. The van der Waals surface area contributed by atoms with Crippen LogP contribution in [-0.4, -0.2) is 28.9 Å². The molecule has 1 aromatic carbocycles. The highest BCUT2D eigenvalue weighted by Gasteiger charge is 2.33. The summed E-state index contributed by atoms with van der Waals surface area (Å²) in [4.78, 5) is 19.4. The Hall–Kier alpha value is -1.90. The second kappa shape index (κ2) is 5.71. The average Bonchev–Trinajstić information content (AvgIpc) is 2.60. The Kier molecular flexibility index (Phi) is 3.57. The van der Waals surface area contributed by atoms with Gasteiger partial charge in [-0.15, -0.1) is 0 Å². The van der Waals surface area contributed by atoms with E-state index in [-0.39, 0.29) is 5.91 Å². The molecule has 1 amide bonds. The molecule has 0 N–H and O–H groups in total. The first kappa shape index (κ1) is 13.7. The first-order valence-electron chi connectivity index (χ1n) is 8.46. The van der Waals surface area contributed by atoms with Gasteiger partial charge >= 0.3 is 0 Å². The number of nitrogens with zero attached hydrogens (tertiary/aromatic N) is 2. The lowest BCUT2D eigenvalue weighted by Gasteiger charge is -2.41. The normalized spacial score (nSPS) is 25.0. The summed E-state index contributed by atoms with van der Waals surface area (Å²) >= 11 is 0. The molecule has 22 heavy (non-hydrogen) atoms. The smallest absolute Gasteiger partial charge is 0.272 e. The van der Waals surface area contributed by atoms with Crippen LogP contribution in [0.4, 0.5) is 0 Å². The number of fused-ring (bicyclic) bond motifs is 2. The van der Waals surface area contributed by atoms with Crippen molar-refractivity contribution in [3.05, 3.63) is 42.1 Å². The van der Waals surface area contributed by atoms with Crippen LogP contribution < -0.4 is 0 Å². The fourth-order valence-corrected chi connectivity index (χ4v) is 4.13. The summed E-state index contributed by atoms with van der Waals surface area (Å²) in [5.74, 6) is 1.67. The zero-order chi connectivity index (χ0) is 14.9. The molecule has 1 aromatic heterocycles. The maximum absolute atomic E-state index is 12.8. The van der Waals surface area contributed by atoms with Gasteiger partial charge in [0.15, 0.2) is 0 Å². The minimum atomic E-state index is 0.106. The molecule has 2 aliphatic rings. The molecule has 2 aromatic rings. The molecule has 1 aliphatic carbocycles. The Balaban J connectivity index is 1.55. The van der Waals surface area contributed by atoms with Gasteiger partial charge in [-0.3, -0.25) is 4.79 Å². The molecule has 0 radical (unpaired) electrons. The van der Waals surface area contributed by atoms with E-state index in [4.69, 9.17) is 0 Å². The standard InChI is InChI=1S/C19H22N2O/c22-19(18-10-9-15-6-3-4-8-17(15)20-18)21-12-11-14-5-1-2-7-16(14)13-21/h3-4,6,8-10,14,16H,1-2,5,7,11-13H2/t14-,16-/m1/s1. The fourth-order valence-electron chi connectivity index (χ4n) is 4.13. The highest BCUT2D eigenvalue weighted by atomic mass is 16.2. The molecule has 1 aliphatic heterocycles. The van der Waals surface area contributed by atoms with Gasteiger partial charge in [0.2, 0.25) is 0 Å². The topological polar surface area (TPSA) is 33.2 Å². The molecule has 2 heterocycles. The molecular formula is C19H22N2O. The number of pyridine rings is 1. The van der Waals surface area contributed by atoms with E-state index in [9.17, 15) is 4.79 Å². The zero-order valence-corrected chi connectivity index (χ0v) is 12.9. The third-order valence-corrected chi connectivity index (χ3v) is 5.40. The van der Waals surface area contributed by atoms with Gasteiger partial charge in [-0.2, -0.15) is 0 Å².